The van der Waals surface area contributed by atoms with E-state index in [-0.39, 0.29) is 11.9 Å². The summed E-state index contributed by atoms with van der Waals surface area (Å²) in [4.78, 5) is 29.0. The van der Waals surface area contributed by atoms with E-state index in [4.69, 9.17) is 4.74 Å². The van der Waals surface area contributed by atoms with Gasteiger partial charge in [-0.2, -0.15) is 0 Å². The van der Waals surface area contributed by atoms with Crippen molar-refractivity contribution in [3.8, 4) is 0 Å². The molecule has 0 aliphatic heterocycles. The fourth-order valence-electron chi connectivity index (χ4n) is 2.57. The monoisotopic (exact) mass is 363 g/mol. The number of fused-ring (bicyclic) bond motifs is 1. The molecular weight excluding hydrogens is 346 g/mol. The number of carbonyl (C=O) groups excluding carboxylic acids is 2. The molecule has 1 amide bonds. The highest BCUT2D eigenvalue weighted by Gasteiger charge is 2.21. The molecule has 24 heavy (non-hydrogen) atoms. The van der Waals surface area contributed by atoms with Crippen molar-refractivity contribution in [2.24, 2.45) is 0 Å². The zero-order valence-electron chi connectivity index (χ0n) is 13.7. The standard InChI is InChI=1S/C16H17N3O3S2/c1-8(2)19-10-5-6-23-12(10)7-11(19)14(20)18-16-17-9(3)13(24-16)15(21)22-4/h5-8H,1-4H3,(H,17,18,20). The molecule has 1 N–H and O–H groups in total. The van der Waals surface area contributed by atoms with Crippen LogP contribution < -0.4 is 5.32 Å². The molecule has 0 aliphatic carbocycles. The molecule has 126 valence electrons. The number of aryl methyl sites for hydroxylation is 1. The van der Waals surface area contributed by atoms with Crippen LogP contribution in [0.25, 0.3) is 10.2 Å². The van der Waals surface area contributed by atoms with Gasteiger partial charge in [-0.05, 0) is 38.3 Å². The zero-order valence-corrected chi connectivity index (χ0v) is 15.4. The molecule has 0 radical (unpaired) electrons. The van der Waals surface area contributed by atoms with E-state index in [0.717, 1.165) is 21.6 Å². The fourth-order valence-corrected chi connectivity index (χ4v) is 4.26. The molecule has 0 fully saturated rings. The van der Waals surface area contributed by atoms with Crippen molar-refractivity contribution in [3.05, 3.63) is 33.8 Å². The van der Waals surface area contributed by atoms with Gasteiger partial charge in [-0.1, -0.05) is 11.3 Å². The van der Waals surface area contributed by atoms with Crippen LogP contribution in [-0.4, -0.2) is 28.5 Å². The molecule has 0 spiro atoms. The first kappa shape index (κ1) is 16.7. The van der Waals surface area contributed by atoms with Crippen molar-refractivity contribution in [1.29, 1.82) is 0 Å². The second-order valence-electron chi connectivity index (χ2n) is 5.54. The van der Waals surface area contributed by atoms with Crippen LogP contribution >= 0.6 is 22.7 Å². The number of aromatic nitrogens is 2. The summed E-state index contributed by atoms with van der Waals surface area (Å²) in [6.45, 7) is 5.79. The van der Waals surface area contributed by atoms with Gasteiger partial charge in [-0.3, -0.25) is 10.1 Å². The molecule has 0 bridgehead atoms. The van der Waals surface area contributed by atoms with E-state index in [1.165, 1.54) is 7.11 Å². The first-order valence-electron chi connectivity index (χ1n) is 7.38. The Balaban J connectivity index is 1.92. The molecule has 3 aromatic heterocycles. The number of nitrogens with one attached hydrogen (secondary N) is 1. The highest BCUT2D eigenvalue weighted by molar-refractivity contribution is 7.18. The maximum Gasteiger partial charge on any atom is 0.350 e. The average Bonchev–Trinajstić information content (AvgIpc) is 3.19. The van der Waals surface area contributed by atoms with Crippen molar-refractivity contribution in [2.45, 2.75) is 26.8 Å². The number of amides is 1. The van der Waals surface area contributed by atoms with Gasteiger partial charge in [-0.15, -0.1) is 11.3 Å². The number of hydrogen-bond donors (Lipinski definition) is 1. The molecule has 3 aromatic rings. The molecule has 6 nitrogen and oxygen atoms in total. The van der Waals surface area contributed by atoms with Gasteiger partial charge in [0.05, 0.1) is 23.0 Å². The number of nitrogens with zero attached hydrogens (tertiary/aromatic N) is 2. The number of hydrogen-bond acceptors (Lipinski definition) is 6. The maximum atomic E-state index is 12.7. The van der Waals surface area contributed by atoms with Crippen molar-refractivity contribution >= 4 is 49.9 Å². The van der Waals surface area contributed by atoms with Crippen molar-refractivity contribution in [3.63, 3.8) is 0 Å². The summed E-state index contributed by atoms with van der Waals surface area (Å²) in [7, 11) is 1.32. The van der Waals surface area contributed by atoms with E-state index in [9.17, 15) is 9.59 Å². The number of carbonyl (C=O) groups is 2. The molecule has 0 aromatic carbocycles. The van der Waals surface area contributed by atoms with Gasteiger partial charge < -0.3 is 9.30 Å². The molecule has 0 unspecified atom stereocenters. The Kier molecular flexibility index (Phi) is 4.42. The van der Waals surface area contributed by atoms with Gasteiger partial charge in [0.25, 0.3) is 5.91 Å². The summed E-state index contributed by atoms with van der Waals surface area (Å²) in [6.07, 6.45) is 0. The van der Waals surface area contributed by atoms with Gasteiger partial charge >= 0.3 is 5.97 Å². The molecule has 0 saturated heterocycles. The van der Waals surface area contributed by atoms with Crippen LogP contribution in [0.5, 0.6) is 0 Å². The van der Waals surface area contributed by atoms with Gasteiger partial charge in [-0.25, -0.2) is 9.78 Å². The van der Waals surface area contributed by atoms with Crippen LogP contribution in [0.4, 0.5) is 5.13 Å². The molecule has 8 heteroatoms. The Bertz CT molecular complexity index is 920. The second kappa shape index (κ2) is 6.37. The zero-order chi connectivity index (χ0) is 17.4. The average molecular weight is 363 g/mol. The Morgan fingerprint density at radius 1 is 1.38 bits per heavy atom. The van der Waals surface area contributed by atoms with Crippen molar-refractivity contribution in [1.82, 2.24) is 9.55 Å². The van der Waals surface area contributed by atoms with Gasteiger partial charge in [0.1, 0.15) is 10.6 Å². The number of rotatable bonds is 4. The second-order valence-corrected chi connectivity index (χ2v) is 7.49. The third-order valence-corrected chi connectivity index (χ3v) is 5.50. The summed E-state index contributed by atoms with van der Waals surface area (Å²) >= 11 is 2.72. The predicted octanol–water partition coefficient (Wildman–Crippen LogP) is 4.09. The van der Waals surface area contributed by atoms with Gasteiger partial charge in [0.2, 0.25) is 0 Å². The van der Waals surface area contributed by atoms with E-state index in [0.29, 0.717) is 21.4 Å². The van der Waals surface area contributed by atoms with Gasteiger partial charge in [0, 0.05) is 6.04 Å². The molecule has 3 rings (SSSR count). The third kappa shape index (κ3) is 2.83. The molecular formula is C16H17N3O3S2. The topological polar surface area (TPSA) is 73.2 Å². The summed E-state index contributed by atoms with van der Waals surface area (Å²) in [5, 5.41) is 5.19. The minimum Gasteiger partial charge on any atom is -0.465 e. The van der Waals surface area contributed by atoms with E-state index in [1.54, 1.807) is 18.3 Å². The third-order valence-electron chi connectivity index (χ3n) is 3.60. The largest absolute Gasteiger partial charge is 0.465 e. The van der Waals surface area contributed by atoms with Crippen molar-refractivity contribution in [2.75, 3.05) is 12.4 Å². The summed E-state index contributed by atoms with van der Waals surface area (Å²) in [5.74, 6) is -0.686. The smallest absolute Gasteiger partial charge is 0.350 e. The number of esters is 1. The number of ether oxygens (including phenoxy) is 1. The van der Waals surface area contributed by atoms with E-state index in [2.05, 4.69) is 10.3 Å². The molecule has 0 saturated carbocycles. The van der Waals surface area contributed by atoms with Crippen LogP contribution in [0.15, 0.2) is 17.5 Å². The fraction of sp³-hybridized carbons (Fsp3) is 0.312. The highest BCUT2D eigenvalue weighted by atomic mass is 32.1. The first-order valence-corrected chi connectivity index (χ1v) is 9.07. The number of anilines is 1. The number of thiazole rings is 1. The van der Waals surface area contributed by atoms with Crippen LogP contribution in [0, 0.1) is 6.92 Å². The molecule has 0 aliphatic rings. The van der Waals surface area contributed by atoms with E-state index < -0.39 is 5.97 Å². The lowest BCUT2D eigenvalue weighted by molar-refractivity contribution is 0.0605. The molecule has 3 heterocycles. The van der Waals surface area contributed by atoms with Crippen LogP contribution in [0.1, 0.15) is 45.7 Å². The lowest BCUT2D eigenvalue weighted by Crippen LogP contribution is -2.18. The van der Waals surface area contributed by atoms with Gasteiger partial charge in [0.15, 0.2) is 5.13 Å². The first-order chi connectivity index (χ1) is 11.4. The minimum absolute atomic E-state index is 0.154. The Hall–Kier alpha value is -2.19. The Morgan fingerprint density at radius 2 is 2.12 bits per heavy atom. The predicted molar refractivity (Wildman–Crippen MR) is 96.3 cm³/mol. The van der Waals surface area contributed by atoms with Crippen LogP contribution in [0.2, 0.25) is 0 Å². The summed E-state index contributed by atoms with van der Waals surface area (Å²) < 4.78 is 7.79. The Labute approximate surface area is 147 Å². The van der Waals surface area contributed by atoms with Crippen LogP contribution in [-0.2, 0) is 4.74 Å². The lowest BCUT2D eigenvalue weighted by atomic mass is 10.3. The highest BCUT2D eigenvalue weighted by Crippen LogP contribution is 2.30. The summed E-state index contributed by atoms with van der Waals surface area (Å²) in [6, 6.07) is 4.05. The molecule has 0 atom stereocenters. The minimum atomic E-state index is -0.448. The van der Waals surface area contributed by atoms with Crippen molar-refractivity contribution < 1.29 is 14.3 Å². The number of thiophene rings is 1. The maximum absolute atomic E-state index is 12.7. The quantitative estimate of drug-likeness (QED) is 0.709. The Morgan fingerprint density at radius 3 is 2.79 bits per heavy atom. The number of methoxy groups -OCH3 is 1. The lowest BCUT2D eigenvalue weighted by Gasteiger charge is -2.13. The normalized spacial score (nSPS) is 11.2. The van der Waals surface area contributed by atoms with E-state index in [1.807, 2.05) is 35.9 Å². The SMILES string of the molecule is COC(=O)c1sc(NC(=O)c2cc3sccc3n2C(C)C)nc1C. The summed E-state index contributed by atoms with van der Waals surface area (Å²) in [5.41, 5.74) is 2.17. The van der Waals surface area contributed by atoms with E-state index >= 15 is 0 Å². The van der Waals surface area contributed by atoms with Crippen LogP contribution in [0.3, 0.4) is 0 Å².